The second kappa shape index (κ2) is 12.0. The van der Waals surface area contributed by atoms with Crippen LogP contribution in [-0.4, -0.2) is 22.5 Å². The zero-order valence-corrected chi connectivity index (χ0v) is 24.1. The van der Waals surface area contributed by atoms with Crippen LogP contribution in [0.25, 0.3) is 6.08 Å². The second-order valence-electron chi connectivity index (χ2n) is 7.63. The third-order valence-electron chi connectivity index (χ3n) is 5.03. The van der Waals surface area contributed by atoms with Crippen LogP contribution in [-0.2, 0) is 11.4 Å². The van der Waals surface area contributed by atoms with E-state index in [0.717, 1.165) is 32.2 Å². The molecule has 1 fully saturated rings. The topological polar surface area (TPSA) is 41.9 Å². The molecule has 9 heteroatoms. The molecule has 1 amide bonds. The fourth-order valence-corrected chi connectivity index (χ4v) is 6.15. The first-order valence-corrected chi connectivity index (χ1v) is 13.9. The molecule has 0 unspecified atom stereocenters. The number of amidine groups is 1. The van der Waals surface area contributed by atoms with Gasteiger partial charge in [0.1, 0.15) is 12.4 Å². The Morgan fingerprint density at radius 1 is 1.06 bits per heavy atom. The second-order valence-corrected chi connectivity index (χ2v) is 11.2. The summed E-state index contributed by atoms with van der Waals surface area (Å²) >= 11 is 20.8. The molecule has 0 aromatic heterocycles. The first-order chi connectivity index (χ1) is 16.9. The van der Waals surface area contributed by atoms with Crippen LogP contribution < -0.4 is 4.74 Å². The summed E-state index contributed by atoms with van der Waals surface area (Å²) in [5, 5.41) is 1.96. The lowest BCUT2D eigenvalue weighted by atomic mass is 10.2. The van der Waals surface area contributed by atoms with Gasteiger partial charge >= 0.3 is 0 Å². The minimum atomic E-state index is -0.0594. The monoisotopic (exact) mass is 652 g/mol. The van der Waals surface area contributed by atoms with E-state index in [4.69, 9.17) is 27.9 Å². The number of hydrogen-bond donors (Lipinski definition) is 0. The molecule has 4 nitrogen and oxygen atoms in total. The fourth-order valence-electron chi connectivity index (χ4n) is 3.36. The number of aliphatic imine (C=N–C) groups is 1. The smallest absolute Gasteiger partial charge is 0.266 e. The van der Waals surface area contributed by atoms with Crippen molar-refractivity contribution >= 4 is 89.7 Å². The van der Waals surface area contributed by atoms with Crippen molar-refractivity contribution in [2.24, 2.45) is 4.99 Å². The van der Waals surface area contributed by atoms with Crippen molar-refractivity contribution in [2.45, 2.75) is 20.0 Å². The van der Waals surface area contributed by atoms with E-state index < -0.39 is 0 Å². The van der Waals surface area contributed by atoms with Crippen LogP contribution in [0.4, 0.5) is 5.69 Å². The highest BCUT2D eigenvalue weighted by atomic mass is 79.9. The van der Waals surface area contributed by atoms with Crippen LogP contribution in [0, 0.1) is 0 Å². The van der Waals surface area contributed by atoms with Crippen LogP contribution in [0.3, 0.4) is 0 Å². The number of halogens is 4. The van der Waals surface area contributed by atoms with Gasteiger partial charge in [-0.25, -0.2) is 4.99 Å². The van der Waals surface area contributed by atoms with Crippen LogP contribution in [0.5, 0.6) is 5.75 Å². The highest BCUT2D eigenvalue weighted by Gasteiger charge is 2.32. The van der Waals surface area contributed by atoms with Crippen molar-refractivity contribution < 1.29 is 9.53 Å². The van der Waals surface area contributed by atoms with E-state index in [9.17, 15) is 4.79 Å². The van der Waals surface area contributed by atoms with Crippen molar-refractivity contribution in [1.82, 2.24) is 4.90 Å². The molecule has 1 heterocycles. The predicted octanol–water partition coefficient (Wildman–Crippen LogP) is 9.11. The van der Waals surface area contributed by atoms with Gasteiger partial charge in [0.05, 0.1) is 19.5 Å². The molecule has 0 N–H and O–H groups in total. The molecule has 180 valence electrons. The molecule has 0 radical (unpaired) electrons. The zero-order valence-electron chi connectivity index (χ0n) is 18.6. The quantitative estimate of drug-likeness (QED) is 0.239. The summed E-state index contributed by atoms with van der Waals surface area (Å²) in [5.41, 5.74) is 2.50. The molecule has 1 saturated heterocycles. The maximum absolute atomic E-state index is 13.2. The van der Waals surface area contributed by atoms with E-state index in [-0.39, 0.29) is 5.91 Å². The van der Waals surface area contributed by atoms with Crippen molar-refractivity contribution in [2.75, 3.05) is 6.54 Å². The maximum atomic E-state index is 13.2. The molecule has 1 aliphatic heterocycles. The van der Waals surface area contributed by atoms with Crippen molar-refractivity contribution in [3.63, 3.8) is 0 Å². The molecule has 0 aliphatic carbocycles. The lowest BCUT2D eigenvalue weighted by Gasteiger charge is -2.14. The molecule has 4 rings (SSSR count). The summed E-state index contributed by atoms with van der Waals surface area (Å²) < 4.78 is 7.54. The van der Waals surface area contributed by atoms with Crippen LogP contribution in [0.1, 0.15) is 24.5 Å². The van der Waals surface area contributed by atoms with Gasteiger partial charge in [0.15, 0.2) is 5.17 Å². The zero-order chi connectivity index (χ0) is 24.9. The van der Waals surface area contributed by atoms with Crippen LogP contribution in [0.15, 0.2) is 79.5 Å². The van der Waals surface area contributed by atoms with Crippen molar-refractivity contribution in [3.8, 4) is 5.75 Å². The number of carbonyl (C=O) groups excluding carboxylic acids is 1. The Morgan fingerprint density at radius 2 is 1.74 bits per heavy atom. The molecule has 0 saturated carbocycles. The third kappa shape index (κ3) is 6.52. The summed E-state index contributed by atoms with van der Waals surface area (Å²) in [4.78, 5) is 20.2. The summed E-state index contributed by atoms with van der Waals surface area (Å²) in [6, 6.07) is 18.7. The molecule has 0 atom stereocenters. The van der Waals surface area contributed by atoms with Gasteiger partial charge in [-0.2, -0.15) is 0 Å². The van der Waals surface area contributed by atoms with Crippen molar-refractivity contribution in [1.29, 1.82) is 0 Å². The van der Waals surface area contributed by atoms with E-state index in [1.165, 1.54) is 11.8 Å². The number of carbonyl (C=O) groups is 1. The Balaban J connectivity index is 1.57. The molecular weight excluding hydrogens is 635 g/mol. The van der Waals surface area contributed by atoms with E-state index in [1.54, 1.807) is 17.0 Å². The number of rotatable bonds is 7. The summed E-state index contributed by atoms with van der Waals surface area (Å²) in [7, 11) is 0. The van der Waals surface area contributed by atoms with Crippen molar-refractivity contribution in [3.05, 3.63) is 95.7 Å². The standard InChI is InChI=1S/C26H20Br2Cl2N2O2S/c1-2-11-32-25(33)23(35-26(32)31-19-9-7-18(29)8-10-19)14-16-12-20(27)24(21(28)13-16)34-15-17-5-3-4-6-22(17)30/h3-10,12-14H,2,11,15H2,1H3/b23-14-,31-26?. The highest BCUT2D eigenvalue weighted by molar-refractivity contribution is 9.11. The van der Waals surface area contributed by atoms with Gasteiger partial charge in [-0.15, -0.1) is 0 Å². The summed E-state index contributed by atoms with van der Waals surface area (Å²) in [6.07, 6.45) is 2.70. The van der Waals surface area contributed by atoms with Crippen LogP contribution in [0.2, 0.25) is 10.0 Å². The third-order valence-corrected chi connectivity index (χ3v) is 7.84. The molecular formula is C26H20Br2Cl2N2O2S. The lowest BCUT2D eigenvalue weighted by molar-refractivity contribution is -0.122. The van der Waals surface area contributed by atoms with E-state index in [0.29, 0.717) is 39.0 Å². The first-order valence-electron chi connectivity index (χ1n) is 10.8. The highest BCUT2D eigenvalue weighted by Crippen LogP contribution is 2.39. The Morgan fingerprint density at radius 3 is 2.40 bits per heavy atom. The number of benzene rings is 3. The average molecular weight is 655 g/mol. The Bertz CT molecular complexity index is 1290. The fraction of sp³-hybridized carbons (Fsp3) is 0.154. The molecule has 0 spiro atoms. The Kier molecular flexibility index (Phi) is 9.00. The van der Waals surface area contributed by atoms with Gasteiger partial charge in [-0.1, -0.05) is 48.3 Å². The van der Waals surface area contributed by atoms with E-state index in [1.807, 2.05) is 61.5 Å². The van der Waals surface area contributed by atoms with Gasteiger partial charge in [0.2, 0.25) is 0 Å². The first kappa shape index (κ1) is 26.3. The molecule has 0 bridgehead atoms. The summed E-state index contributed by atoms with van der Waals surface area (Å²) in [5.74, 6) is 0.603. The number of hydrogen-bond acceptors (Lipinski definition) is 4. The maximum Gasteiger partial charge on any atom is 0.266 e. The van der Waals surface area contributed by atoms with E-state index >= 15 is 0 Å². The van der Waals surface area contributed by atoms with Crippen LogP contribution >= 0.6 is 66.8 Å². The molecule has 3 aromatic carbocycles. The number of nitrogens with zero attached hydrogens (tertiary/aromatic N) is 2. The molecule has 35 heavy (non-hydrogen) atoms. The minimum Gasteiger partial charge on any atom is -0.486 e. The van der Waals surface area contributed by atoms with E-state index in [2.05, 4.69) is 36.9 Å². The number of amides is 1. The molecule has 1 aliphatic rings. The Hall–Kier alpha value is -1.77. The van der Waals surface area contributed by atoms with Gasteiger partial charge in [0, 0.05) is 22.2 Å². The van der Waals surface area contributed by atoms with Gasteiger partial charge < -0.3 is 4.74 Å². The normalized spacial score (nSPS) is 15.9. The SMILES string of the molecule is CCCN1C(=O)/C(=C/c2cc(Br)c(OCc3ccccc3Cl)c(Br)c2)SC1=Nc1ccc(Cl)cc1. The summed E-state index contributed by atoms with van der Waals surface area (Å²) in [6.45, 7) is 2.97. The minimum absolute atomic E-state index is 0.0594. The number of ether oxygens (including phenoxy) is 1. The molecule has 3 aromatic rings. The lowest BCUT2D eigenvalue weighted by Crippen LogP contribution is -2.29. The van der Waals surface area contributed by atoms with Gasteiger partial charge in [-0.05, 0) is 104 Å². The Labute approximate surface area is 235 Å². The van der Waals surface area contributed by atoms with Gasteiger partial charge in [-0.3, -0.25) is 9.69 Å². The largest absolute Gasteiger partial charge is 0.486 e. The van der Waals surface area contributed by atoms with Gasteiger partial charge in [0.25, 0.3) is 5.91 Å². The number of thioether (sulfide) groups is 1. The average Bonchev–Trinajstić information content (AvgIpc) is 3.10. The predicted molar refractivity (Wildman–Crippen MR) is 154 cm³/mol.